The van der Waals surface area contributed by atoms with Gasteiger partial charge in [0.15, 0.2) is 0 Å². The highest BCUT2D eigenvalue weighted by molar-refractivity contribution is 7.90. The fourth-order valence-corrected chi connectivity index (χ4v) is 5.08. The number of amides is 2. The largest absolute Gasteiger partial charge is 0.354 e. The van der Waals surface area contributed by atoms with Crippen molar-refractivity contribution in [2.45, 2.75) is 39.3 Å². The van der Waals surface area contributed by atoms with Gasteiger partial charge in [0.1, 0.15) is 18.4 Å². The second kappa shape index (κ2) is 13.2. The second-order valence-corrected chi connectivity index (χ2v) is 11.1. The van der Waals surface area contributed by atoms with E-state index in [2.05, 4.69) is 5.32 Å². The minimum Gasteiger partial charge on any atom is -0.354 e. The predicted molar refractivity (Wildman–Crippen MR) is 141 cm³/mol. The van der Waals surface area contributed by atoms with Crippen LogP contribution in [0, 0.1) is 5.82 Å². The molecule has 0 aliphatic carbocycles. The Labute approximate surface area is 222 Å². The quantitative estimate of drug-likeness (QED) is 0.423. The van der Waals surface area contributed by atoms with Crippen molar-refractivity contribution < 1.29 is 22.4 Å². The smallest absolute Gasteiger partial charge is 0.304 e. The summed E-state index contributed by atoms with van der Waals surface area (Å²) in [5.41, 5.74) is 0.114. The summed E-state index contributed by atoms with van der Waals surface area (Å²) in [4.78, 5) is 27.9. The van der Waals surface area contributed by atoms with E-state index in [1.54, 1.807) is 25.1 Å². The molecule has 2 aromatic rings. The van der Waals surface area contributed by atoms with Gasteiger partial charge >= 0.3 is 10.2 Å². The monoisotopic (exact) mass is 560 g/mol. The van der Waals surface area contributed by atoms with Gasteiger partial charge in [-0.1, -0.05) is 55.2 Å². The number of benzene rings is 2. The van der Waals surface area contributed by atoms with Crippen LogP contribution in [0.25, 0.3) is 0 Å². The number of nitrogens with one attached hydrogen (secondary N) is 1. The highest BCUT2D eigenvalue weighted by Gasteiger charge is 2.35. The van der Waals surface area contributed by atoms with Crippen LogP contribution in [0.2, 0.25) is 10.0 Å². The molecule has 0 aliphatic rings. The molecule has 198 valence electrons. The highest BCUT2D eigenvalue weighted by atomic mass is 35.5. The van der Waals surface area contributed by atoms with Crippen LogP contribution in [0.15, 0.2) is 42.5 Å². The number of nitrogens with zero attached hydrogens (tertiary/aromatic N) is 3. The van der Waals surface area contributed by atoms with Gasteiger partial charge in [-0.05, 0) is 37.1 Å². The van der Waals surface area contributed by atoms with E-state index < -0.39 is 40.4 Å². The van der Waals surface area contributed by atoms with Crippen molar-refractivity contribution in [1.82, 2.24) is 14.5 Å². The van der Waals surface area contributed by atoms with Crippen molar-refractivity contribution in [1.29, 1.82) is 0 Å². The summed E-state index contributed by atoms with van der Waals surface area (Å²) < 4.78 is 42.5. The lowest BCUT2D eigenvalue weighted by molar-refractivity contribution is -0.140. The SMILES string of the molecule is CCCNC(=O)[C@H](CC)N(Cc1c(Cl)cccc1Cl)C(=O)CN(c1ccccc1F)S(=O)(=O)N(C)C. The maximum atomic E-state index is 14.7. The van der Waals surface area contributed by atoms with Crippen molar-refractivity contribution in [2.24, 2.45) is 0 Å². The van der Waals surface area contributed by atoms with Crippen molar-refractivity contribution in [3.8, 4) is 0 Å². The minimum atomic E-state index is -4.27. The number of hydrogen-bond donors (Lipinski definition) is 1. The van der Waals surface area contributed by atoms with Crippen LogP contribution in [0.3, 0.4) is 0 Å². The Bertz CT molecular complexity index is 1160. The lowest BCUT2D eigenvalue weighted by Gasteiger charge is -2.34. The summed E-state index contributed by atoms with van der Waals surface area (Å²) in [5.74, 6) is -1.94. The Morgan fingerprint density at radius 3 is 2.17 bits per heavy atom. The molecule has 0 aliphatic heterocycles. The Morgan fingerprint density at radius 1 is 1.03 bits per heavy atom. The molecule has 0 heterocycles. The van der Waals surface area contributed by atoms with Crippen LogP contribution in [0.1, 0.15) is 32.3 Å². The fraction of sp³-hybridized carbons (Fsp3) is 0.417. The van der Waals surface area contributed by atoms with Gasteiger partial charge in [-0.3, -0.25) is 9.59 Å². The fourth-order valence-electron chi connectivity index (χ4n) is 3.50. The third kappa shape index (κ3) is 7.09. The normalized spacial score (nSPS) is 12.3. The summed E-state index contributed by atoms with van der Waals surface area (Å²) in [6, 6.07) is 9.16. The van der Waals surface area contributed by atoms with Gasteiger partial charge in [0.05, 0.1) is 5.69 Å². The molecule has 0 unspecified atom stereocenters. The summed E-state index contributed by atoms with van der Waals surface area (Å²) in [6.07, 6.45) is 0.929. The van der Waals surface area contributed by atoms with Gasteiger partial charge in [0.25, 0.3) is 0 Å². The number of anilines is 1. The third-order valence-corrected chi connectivity index (χ3v) is 7.98. The van der Waals surface area contributed by atoms with E-state index in [0.29, 0.717) is 22.8 Å². The first-order valence-electron chi connectivity index (χ1n) is 11.4. The molecule has 0 fully saturated rings. The first-order valence-corrected chi connectivity index (χ1v) is 13.6. The zero-order valence-corrected chi connectivity index (χ0v) is 23.0. The summed E-state index contributed by atoms with van der Waals surface area (Å²) in [5, 5.41) is 3.35. The van der Waals surface area contributed by atoms with Crippen LogP contribution < -0.4 is 9.62 Å². The Balaban J connectivity index is 2.56. The average molecular weight is 562 g/mol. The van der Waals surface area contributed by atoms with Crippen molar-refractivity contribution in [3.05, 3.63) is 63.9 Å². The zero-order valence-electron chi connectivity index (χ0n) is 20.7. The second-order valence-electron chi connectivity index (χ2n) is 8.19. The molecular formula is C24H31Cl2FN4O4S. The first-order chi connectivity index (χ1) is 16.9. The lowest BCUT2D eigenvalue weighted by atomic mass is 10.1. The van der Waals surface area contributed by atoms with Crippen LogP contribution in [-0.2, 0) is 26.3 Å². The molecule has 0 radical (unpaired) electrons. The van der Waals surface area contributed by atoms with Crippen molar-refractivity contribution >= 4 is 50.9 Å². The van der Waals surface area contributed by atoms with Crippen LogP contribution >= 0.6 is 23.2 Å². The predicted octanol–water partition coefficient (Wildman–Crippen LogP) is 4.08. The third-order valence-electron chi connectivity index (χ3n) is 5.47. The molecular weight excluding hydrogens is 530 g/mol. The number of hydrogen-bond acceptors (Lipinski definition) is 4. The van der Waals surface area contributed by atoms with E-state index in [1.165, 1.54) is 37.2 Å². The number of carbonyl (C=O) groups excluding carboxylic acids is 2. The first kappa shape index (κ1) is 29.8. The molecule has 12 heteroatoms. The lowest BCUT2D eigenvalue weighted by Crippen LogP contribution is -2.53. The molecule has 0 aromatic heterocycles. The molecule has 0 saturated carbocycles. The van der Waals surface area contributed by atoms with Crippen molar-refractivity contribution in [3.63, 3.8) is 0 Å². The standard InChI is InChI=1S/C24H31Cl2FN4O4S/c1-5-14-28-24(33)21(6-2)30(15-17-18(25)10-9-11-19(17)26)23(32)16-31(36(34,35)29(3)4)22-13-8-7-12-20(22)27/h7-13,21H,5-6,14-16H2,1-4H3,(H,28,33)/t21-/m0/s1. The van der Waals surface area contributed by atoms with E-state index >= 15 is 0 Å². The van der Waals surface area contributed by atoms with Crippen LogP contribution in [-0.4, -0.2) is 62.7 Å². The van der Waals surface area contributed by atoms with Gasteiger partial charge in [-0.2, -0.15) is 12.7 Å². The Kier molecular flexibility index (Phi) is 11.0. The Morgan fingerprint density at radius 2 is 1.64 bits per heavy atom. The molecule has 0 bridgehead atoms. The number of halogens is 3. The van der Waals surface area contributed by atoms with Crippen LogP contribution in [0.4, 0.5) is 10.1 Å². The molecule has 2 aromatic carbocycles. The summed E-state index contributed by atoms with van der Waals surface area (Å²) >= 11 is 12.7. The summed E-state index contributed by atoms with van der Waals surface area (Å²) in [7, 11) is -1.71. The van der Waals surface area contributed by atoms with E-state index in [-0.39, 0.29) is 28.7 Å². The topological polar surface area (TPSA) is 90.0 Å². The molecule has 0 spiro atoms. The van der Waals surface area contributed by atoms with E-state index in [0.717, 1.165) is 10.4 Å². The highest BCUT2D eigenvalue weighted by Crippen LogP contribution is 2.28. The van der Waals surface area contributed by atoms with E-state index in [1.807, 2.05) is 6.92 Å². The Hall–Kier alpha value is -2.40. The number of para-hydroxylation sites is 1. The van der Waals surface area contributed by atoms with Gasteiger partial charge in [0, 0.05) is 42.8 Å². The van der Waals surface area contributed by atoms with Crippen LogP contribution in [0.5, 0.6) is 0 Å². The summed E-state index contributed by atoms with van der Waals surface area (Å²) in [6.45, 7) is 3.13. The van der Waals surface area contributed by atoms with E-state index in [4.69, 9.17) is 23.2 Å². The number of carbonyl (C=O) groups is 2. The molecule has 8 nitrogen and oxygen atoms in total. The maximum absolute atomic E-state index is 14.7. The molecule has 1 atom stereocenters. The van der Waals surface area contributed by atoms with Gasteiger partial charge in [-0.15, -0.1) is 0 Å². The minimum absolute atomic E-state index is 0.150. The molecule has 2 amide bonds. The van der Waals surface area contributed by atoms with Gasteiger partial charge < -0.3 is 10.2 Å². The van der Waals surface area contributed by atoms with Crippen molar-refractivity contribution in [2.75, 3.05) is 31.5 Å². The molecule has 36 heavy (non-hydrogen) atoms. The van der Waals surface area contributed by atoms with E-state index in [9.17, 15) is 22.4 Å². The average Bonchev–Trinajstić information content (AvgIpc) is 2.83. The van der Waals surface area contributed by atoms with Gasteiger partial charge in [0.2, 0.25) is 11.8 Å². The number of rotatable bonds is 12. The molecule has 0 saturated heterocycles. The zero-order chi connectivity index (χ0) is 27.0. The maximum Gasteiger partial charge on any atom is 0.304 e. The van der Waals surface area contributed by atoms with Gasteiger partial charge in [-0.25, -0.2) is 8.70 Å². The molecule has 1 N–H and O–H groups in total. The molecule has 2 rings (SSSR count).